The second-order valence-electron chi connectivity index (χ2n) is 4.15. The number of hydrogen-bond acceptors (Lipinski definition) is 2. The molecule has 3 heteroatoms. The van der Waals surface area contributed by atoms with Crippen molar-refractivity contribution in [1.29, 1.82) is 0 Å². The van der Waals surface area contributed by atoms with Gasteiger partial charge in [-0.3, -0.25) is 4.79 Å². The van der Waals surface area contributed by atoms with E-state index in [4.69, 9.17) is 5.73 Å². The molecule has 92 valence electrons. The Morgan fingerprint density at radius 1 is 0.889 bits per heavy atom. The van der Waals surface area contributed by atoms with E-state index in [0.29, 0.717) is 5.56 Å². The van der Waals surface area contributed by atoms with Crippen molar-refractivity contribution in [2.75, 3.05) is 0 Å². The Morgan fingerprint density at radius 2 is 1.33 bits per heavy atom. The smallest absolute Gasteiger partial charge is 0.227 e. The molecule has 0 aliphatic carbocycles. The quantitative estimate of drug-likeness (QED) is 0.859. The maximum Gasteiger partial charge on any atom is 0.227 e. The van der Waals surface area contributed by atoms with Gasteiger partial charge in [-0.05, 0) is 11.1 Å². The van der Waals surface area contributed by atoms with Crippen LogP contribution in [0.2, 0.25) is 0 Å². The van der Waals surface area contributed by atoms with Gasteiger partial charge in [-0.25, -0.2) is 0 Å². The zero-order chi connectivity index (χ0) is 13.0. The Kier molecular flexibility index (Phi) is 3.75. The zero-order valence-corrected chi connectivity index (χ0v) is 9.86. The van der Waals surface area contributed by atoms with Crippen molar-refractivity contribution in [3.8, 4) is 0 Å². The fraction of sp³-hybridized carbons (Fsp3) is 0.133. The molecule has 0 aliphatic heterocycles. The highest BCUT2D eigenvalue weighted by Crippen LogP contribution is 2.30. The van der Waals surface area contributed by atoms with Crippen LogP contribution in [0.15, 0.2) is 60.7 Å². The van der Waals surface area contributed by atoms with Crippen LogP contribution in [0.5, 0.6) is 0 Å². The molecule has 0 heterocycles. The van der Waals surface area contributed by atoms with Gasteiger partial charge in [0.15, 0.2) is 0 Å². The molecular weight excluding hydrogens is 226 g/mol. The van der Waals surface area contributed by atoms with Crippen molar-refractivity contribution in [2.24, 2.45) is 5.73 Å². The summed E-state index contributed by atoms with van der Waals surface area (Å²) < 4.78 is 0. The topological polar surface area (TPSA) is 63.3 Å². The third kappa shape index (κ3) is 2.57. The number of primary amides is 1. The molecular formula is C15H15NO2. The van der Waals surface area contributed by atoms with Gasteiger partial charge in [0.2, 0.25) is 5.91 Å². The molecule has 2 atom stereocenters. The van der Waals surface area contributed by atoms with Crippen LogP contribution in [0.4, 0.5) is 0 Å². The van der Waals surface area contributed by atoms with E-state index >= 15 is 0 Å². The predicted octanol–water partition coefficient (Wildman–Crippen LogP) is 1.99. The van der Waals surface area contributed by atoms with Crippen LogP contribution in [0.25, 0.3) is 0 Å². The van der Waals surface area contributed by atoms with E-state index in [1.165, 1.54) is 0 Å². The second kappa shape index (κ2) is 5.47. The molecule has 0 fully saturated rings. The van der Waals surface area contributed by atoms with E-state index < -0.39 is 17.9 Å². The van der Waals surface area contributed by atoms with Crippen molar-refractivity contribution < 1.29 is 9.90 Å². The number of hydrogen-bond donors (Lipinski definition) is 2. The third-order valence-electron chi connectivity index (χ3n) is 2.92. The number of aliphatic hydroxyl groups excluding tert-OH is 1. The SMILES string of the molecule is NC(=O)[C@@H](c1ccccc1)[C@H](O)c1ccccc1. The lowest BCUT2D eigenvalue weighted by atomic mass is 9.89. The summed E-state index contributed by atoms with van der Waals surface area (Å²) in [4.78, 5) is 11.6. The van der Waals surface area contributed by atoms with Gasteiger partial charge < -0.3 is 10.8 Å². The molecule has 2 rings (SSSR count). The normalized spacial score (nSPS) is 13.8. The number of rotatable bonds is 4. The number of carbonyl (C=O) groups is 1. The molecule has 0 bridgehead atoms. The summed E-state index contributed by atoms with van der Waals surface area (Å²) in [5, 5.41) is 10.3. The van der Waals surface area contributed by atoms with Gasteiger partial charge in [-0.1, -0.05) is 60.7 Å². The van der Waals surface area contributed by atoms with Gasteiger partial charge in [0.25, 0.3) is 0 Å². The van der Waals surface area contributed by atoms with Crippen molar-refractivity contribution >= 4 is 5.91 Å². The fourth-order valence-corrected chi connectivity index (χ4v) is 2.01. The highest BCUT2D eigenvalue weighted by molar-refractivity contribution is 5.82. The van der Waals surface area contributed by atoms with Gasteiger partial charge in [0.05, 0.1) is 12.0 Å². The average Bonchev–Trinajstić information content (AvgIpc) is 2.40. The van der Waals surface area contributed by atoms with Crippen molar-refractivity contribution in [3.05, 3.63) is 71.8 Å². The van der Waals surface area contributed by atoms with Crippen LogP contribution in [0.3, 0.4) is 0 Å². The van der Waals surface area contributed by atoms with Gasteiger partial charge in [-0.2, -0.15) is 0 Å². The maximum atomic E-state index is 11.6. The molecule has 0 aromatic heterocycles. The highest BCUT2D eigenvalue weighted by Gasteiger charge is 2.27. The van der Waals surface area contributed by atoms with Crippen LogP contribution < -0.4 is 5.73 Å². The molecule has 0 aliphatic rings. The van der Waals surface area contributed by atoms with Crippen LogP contribution in [0.1, 0.15) is 23.1 Å². The van der Waals surface area contributed by atoms with Crippen LogP contribution in [-0.2, 0) is 4.79 Å². The molecule has 0 saturated carbocycles. The van der Waals surface area contributed by atoms with Crippen LogP contribution >= 0.6 is 0 Å². The monoisotopic (exact) mass is 241 g/mol. The predicted molar refractivity (Wildman–Crippen MR) is 69.8 cm³/mol. The summed E-state index contributed by atoms with van der Waals surface area (Å²) in [6.45, 7) is 0. The van der Waals surface area contributed by atoms with Crippen molar-refractivity contribution in [3.63, 3.8) is 0 Å². The highest BCUT2D eigenvalue weighted by atomic mass is 16.3. The lowest BCUT2D eigenvalue weighted by Crippen LogP contribution is -2.26. The first kappa shape index (κ1) is 12.3. The molecule has 0 radical (unpaired) electrons. The largest absolute Gasteiger partial charge is 0.387 e. The van der Waals surface area contributed by atoms with Gasteiger partial charge >= 0.3 is 0 Å². The molecule has 2 aromatic carbocycles. The Labute approximate surface area is 106 Å². The summed E-state index contributed by atoms with van der Waals surface area (Å²) in [5.74, 6) is -1.26. The summed E-state index contributed by atoms with van der Waals surface area (Å²) in [5.41, 5.74) is 6.82. The van der Waals surface area contributed by atoms with E-state index in [1.807, 2.05) is 36.4 Å². The van der Waals surface area contributed by atoms with Crippen molar-refractivity contribution in [2.45, 2.75) is 12.0 Å². The van der Waals surface area contributed by atoms with Gasteiger partial charge in [0, 0.05) is 0 Å². The van der Waals surface area contributed by atoms with Crippen LogP contribution in [-0.4, -0.2) is 11.0 Å². The number of carbonyl (C=O) groups excluding carboxylic acids is 1. The standard InChI is InChI=1S/C15H15NO2/c16-15(18)13(11-7-3-1-4-8-11)14(17)12-9-5-2-6-10-12/h1-10,13-14,17H,(H2,16,18)/t13-,14+/m0/s1. The molecule has 18 heavy (non-hydrogen) atoms. The number of benzene rings is 2. The second-order valence-corrected chi connectivity index (χ2v) is 4.15. The fourth-order valence-electron chi connectivity index (χ4n) is 2.01. The molecule has 3 nitrogen and oxygen atoms in total. The van der Waals surface area contributed by atoms with E-state index in [2.05, 4.69) is 0 Å². The lowest BCUT2D eigenvalue weighted by molar-refractivity contribution is -0.122. The Hall–Kier alpha value is -2.13. The van der Waals surface area contributed by atoms with Gasteiger partial charge in [0.1, 0.15) is 0 Å². The lowest BCUT2D eigenvalue weighted by Gasteiger charge is -2.20. The Morgan fingerprint density at radius 3 is 1.78 bits per heavy atom. The maximum absolute atomic E-state index is 11.6. The summed E-state index contributed by atoms with van der Waals surface area (Å²) in [7, 11) is 0. The number of aliphatic hydroxyl groups is 1. The third-order valence-corrected chi connectivity index (χ3v) is 2.92. The van der Waals surface area contributed by atoms with E-state index in [9.17, 15) is 9.90 Å². The summed E-state index contributed by atoms with van der Waals surface area (Å²) in [6, 6.07) is 18.2. The minimum Gasteiger partial charge on any atom is -0.387 e. The first-order valence-electron chi connectivity index (χ1n) is 5.77. The molecule has 1 amide bonds. The Balaban J connectivity index is 2.35. The van der Waals surface area contributed by atoms with Crippen molar-refractivity contribution in [1.82, 2.24) is 0 Å². The first-order valence-corrected chi connectivity index (χ1v) is 5.77. The summed E-state index contributed by atoms with van der Waals surface area (Å²) >= 11 is 0. The van der Waals surface area contributed by atoms with E-state index in [-0.39, 0.29) is 0 Å². The Bertz CT molecular complexity index is 511. The molecule has 0 unspecified atom stereocenters. The minimum absolute atomic E-state index is 0.530. The zero-order valence-electron chi connectivity index (χ0n) is 9.86. The number of amides is 1. The molecule has 0 spiro atoms. The van der Waals surface area contributed by atoms with E-state index in [0.717, 1.165) is 5.56 Å². The first-order chi connectivity index (χ1) is 8.70. The molecule has 3 N–H and O–H groups in total. The molecule has 0 saturated heterocycles. The van der Waals surface area contributed by atoms with E-state index in [1.54, 1.807) is 24.3 Å². The average molecular weight is 241 g/mol. The number of nitrogens with two attached hydrogens (primary N) is 1. The summed E-state index contributed by atoms with van der Waals surface area (Å²) in [6.07, 6.45) is -0.925. The van der Waals surface area contributed by atoms with Crippen LogP contribution in [0, 0.1) is 0 Å². The van der Waals surface area contributed by atoms with Gasteiger partial charge in [-0.15, -0.1) is 0 Å². The molecule has 2 aromatic rings. The minimum atomic E-state index is -0.925.